The molecule has 6 aromatic heterocycles. The molecule has 0 bridgehead atoms. The first-order chi connectivity index (χ1) is 17.9. The largest absolute Gasteiger partial charge is 0.352 e. The molecule has 0 unspecified atom stereocenters. The predicted molar refractivity (Wildman–Crippen MR) is 142 cm³/mol. The Hall–Kier alpha value is -4.86. The Kier molecular flexibility index (Phi) is 5.48. The van der Waals surface area contributed by atoms with E-state index in [-0.39, 0.29) is 11.8 Å². The highest BCUT2D eigenvalue weighted by molar-refractivity contribution is 5.97. The first kappa shape index (κ1) is 22.6. The molecule has 10 nitrogen and oxygen atoms in total. The van der Waals surface area contributed by atoms with Gasteiger partial charge in [0, 0.05) is 29.8 Å². The third-order valence-corrected chi connectivity index (χ3v) is 6.09. The van der Waals surface area contributed by atoms with Crippen molar-refractivity contribution in [3.05, 3.63) is 67.3 Å². The van der Waals surface area contributed by atoms with E-state index in [1.807, 2.05) is 55.9 Å². The summed E-state index contributed by atoms with van der Waals surface area (Å²) in [7, 11) is 0. The van der Waals surface area contributed by atoms with Crippen molar-refractivity contribution in [1.29, 1.82) is 0 Å². The van der Waals surface area contributed by atoms with Crippen LogP contribution in [0.15, 0.2) is 61.6 Å². The summed E-state index contributed by atoms with van der Waals surface area (Å²) in [4.78, 5) is 33.6. The van der Waals surface area contributed by atoms with Gasteiger partial charge in [0.1, 0.15) is 11.2 Å². The lowest BCUT2D eigenvalue weighted by Crippen LogP contribution is -2.13. The summed E-state index contributed by atoms with van der Waals surface area (Å²) in [5, 5.41) is 11.6. The maximum Gasteiger partial charge on any atom is 0.224 e. The van der Waals surface area contributed by atoms with Crippen LogP contribution in [0.3, 0.4) is 0 Å². The molecule has 0 saturated carbocycles. The fraction of sp³-hybridized carbons (Fsp3) is 0.185. The minimum absolute atomic E-state index is 0.0343. The number of anilines is 1. The van der Waals surface area contributed by atoms with Crippen LogP contribution in [0, 0.1) is 12.8 Å². The van der Waals surface area contributed by atoms with E-state index in [2.05, 4.69) is 41.5 Å². The summed E-state index contributed by atoms with van der Waals surface area (Å²) in [5.74, 6) is 0.244. The number of nitrogens with zero attached hydrogens (tertiary/aromatic N) is 6. The fourth-order valence-corrected chi connectivity index (χ4v) is 4.40. The molecule has 3 N–H and O–H groups in total. The highest BCUT2D eigenvalue weighted by Gasteiger charge is 2.16. The number of hydrogen-bond acceptors (Lipinski definition) is 6. The van der Waals surface area contributed by atoms with Crippen molar-refractivity contribution in [2.45, 2.75) is 27.2 Å². The number of fused-ring (bicyclic) bond motifs is 2. The Morgan fingerprint density at radius 2 is 1.95 bits per heavy atom. The lowest BCUT2D eigenvalue weighted by Gasteiger charge is -2.08. The minimum atomic E-state index is -0.0343. The van der Waals surface area contributed by atoms with Crippen molar-refractivity contribution in [3.8, 4) is 28.3 Å². The Balaban J connectivity index is 1.38. The minimum Gasteiger partial charge on any atom is -0.352 e. The van der Waals surface area contributed by atoms with Gasteiger partial charge >= 0.3 is 0 Å². The fourth-order valence-electron chi connectivity index (χ4n) is 4.40. The van der Waals surface area contributed by atoms with Crippen LogP contribution in [-0.4, -0.2) is 45.6 Å². The summed E-state index contributed by atoms with van der Waals surface area (Å²) < 4.78 is 1.96. The average molecular weight is 492 g/mol. The number of pyridine rings is 3. The van der Waals surface area contributed by atoms with Crippen molar-refractivity contribution >= 4 is 33.5 Å². The normalized spacial score (nSPS) is 11.6. The number of aromatic nitrogens is 8. The number of hydrogen-bond donors (Lipinski definition) is 3. The van der Waals surface area contributed by atoms with E-state index in [9.17, 15) is 4.79 Å². The second-order valence-corrected chi connectivity index (χ2v) is 9.50. The van der Waals surface area contributed by atoms with Gasteiger partial charge in [0.15, 0.2) is 0 Å². The van der Waals surface area contributed by atoms with E-state index in [4.69, 9.17) is 4.98 Å². The molecule has 6 rings (SSSR count). The topological polar surface area (TPSA) is 130 Å². The standard InChI is InChI=1S/C27H25N9O/c1-15(2)6-25(37)31-18-7-17(9-28-10-18)20-4-5-21-26(33-20)27(35-34-21)22-8-19-23(32-22)11-29-12-24(19)36-13-16(3)30-14-36/h4-5,7-15,32H,6H2,1-3H3,(H,31,37)(H,34,35). The number of aromatic amines is 2. The Bertz CT molecular complexity index is 1760. The number of imidazole rings is 1. The third-order valence-electron chi connectivity index (χ3n) is 6.09. The molecular weight excluding hydrogens is 466 g/mol. The van der Waals surface area contributed by atoms with Gasteiger partial charge in [-0.2, -0.15) is 5.10 Å². The Morgan fingerprint density at radius 1 is 1.08 bits per heavy atom. The quantitative estimate of drug-likeness (QED) is 0.299. The SMILES string of the molecule is Cc1cn(-c2cncc3[nH]c(-c4n[nH]c5ccc(-c6cncc(NC(=O)CC(C)C)c6)nc45)cc23)cn1. The first-order valence-corrected chi connectivity index (χ1v) is 12.0. The molecule has 0 radical (unpaired) electrons. The van der Waals surface area contributed by atoms with Crippen LogP contribution in [0.5, 0.6) is 0 Å². The zero-order chi connectivity index (χ0) is 25.5. The van der Waals surface area contributed by atoms with Gasteiger partial charge in [-0.1, -0.05) is 13.8 Å². The van der Waals surface area contributed by atoms with Crippen molar-refractivity contribution < 1.29 is 4.79 Å². The van der Waals surface area contributed by atoms with Crippen LogP contribution in [0.4, 0.5) is 5.69 Å². The zero-order valence-electron chi connectivity index (χ0n) is 20.6. The number of amides is 1. The monoisotopic (exact) mass is 491 g/mol. The van der Waals surface area contributed by atoms with Crippen molar-refractivity contribution in [1.82, 2.24) is 39.7 Å². The number of H-pyrrole nitrogens is 2. The number of rotatable bonds is 6. The summed E-state index contributed by atoms with van der Waals surface area (Å²) in [6.45, 7) is 5.98. The smallest absolute Gasteiger partial charge is 0.224 e. The van der Waals surface area contributed by atoms with E-state index in [1.54, 1.807) is 24.9 Å². The Morgan fingerprint density at radius 3 is 2.76 bits per heavy atom. The Labute approximate surface area is 212 Å². The molecule has 6 aromatic rings. The molecule has 0 aromatic carbocycles. The van der Waals surface area contributed by atoms with Crippen LogP contribution < -0.4 is 5.32 Å². The molecule has 0 aliphatic carbocycles. The maximum absolute atomic E-state index is 12.2. The lowest BCUT2D eigenvalue weighted by molar-refractivity contribution is -0.116. The molecular formula is C27H25N9O. The molecule has 0 fully saturated rings. The van der Waals surface area contributed by atoms with Gasteiger partial charge in [0.05, 0.1) is 64.4 Å². The number of nitrogens with one attached hydrogen (secondary N) is 3. The number of carbonyl (C=O) groups is 1. The molecule has 0 aliphatic heterocycles. The number of aryl methyl sites for hydroxylation is 1. The van der Waals surface area contributed by atoms with Crippen molar-refractivity contribution in [2.75, 3.05) is 5.32 Å². The summed E-state index contributed by atoms with van der Waals surface area (Å²) in [5.41, 5.74) is 7.99. The third kappa shape index (κ3) is 4.33. The van der Waals surface area contributed by atoms with Crippen LogP contribution in [0.2, 0.25) is 0 Å². The van der Waals surface area contributed by atoms with Crippen molar-refractivity contribution in [3.63, 3.8) is 0 Å². The van der Waals surface area contributed by atoms with E-state index in [1.165, 1.54) is 0 Å². The van der Waals surface area contributed by atoms with Gasteiger partial charge in [-0.15, -0.1) is 0 Å². The predicted octanol–water partition coefficient (Wildman–Crippen LogP) is 5.04. The highest BCUT2D eigenvalue weighted by Crippen LogP contribution is 2.31. The van der Waals surface area contributed by atoms with Gasteiger partial charge < -0.3 is 14.9 Å². The van der Waals surface area contributed by atoms with Crippen LogP contribution in [-0.2, 0) is 4.79 Å². The van der Waals surface area contributed by atoms with Gasteiger partial charge in [0.2, 0.25) is 5.91 Å². The zero-order valence-corrected chi connectivity index (χ0v) is 20.6. The number of carbonyl (C=O) groups excluding carboxylic acids is 1. The van der Waals surface area contributed by atoms with Gasteiger partial charge in [-0.3, -0.25) is 19.9 Å². The molecule has 10 heteroatoms. The highest BCUT2D eigenvalue weighted by atomic mass is 16.1. The summed E-state index contributed by atoms with van der Waals surface area (Å²) >= 11 is 0. The molecule has 184 valence electrons. The lowest BCUT2D eigenvalue weighted by atomic mass is 10.1. The second-order valence-electron chi connectivity index (χ2n) is 9.50. The van der Waals surface area contributed by atoms with Gasteiger partial charge in [-0.05, 0) is 37.1 Å². The summed E-state index contributed by atoms with van der Waals surface area (Å²) in [6.07, 6.45) is 11.2. The molecule has 6 heterocycles. The van der Waals surface area contributed by atoms with Gasteiger partial charge in [-0.25, -0.2) is 9.97 Å². The molecule has 0 atom stereocenters. The molecule has 0 aliphatic rings. The van der Waals surface area contributed by atoms with E-state index in [0.29, 0.717) is 17.8 Å². The van der Waals surface area contributed by atoms with Crippen LogP contribution in [0.25, 0.3) is 50.3 Å². The molecule has 0 spiro atoms. The molecule has 37 heavy (non-hydrogen) atoms. The average Bonchev–Trinajstić information content (AvgIpc) is 3.60. The molecule has 0 saturated heterocycles. The van der Waals surface area contributed by atoms with E-state index >= 15 is 0 Å². The maximum atomic E-state index is 12.2. The molecule has 1 amide bonds. The van der Waals surface area contributed by atoms with Crippen molar-refractivity contribution in [2.24, 2.45) is 5.92 Å². The van der Waals surface area contributed by atoms with Crippen LogP contribution >= 0.6 is 0 Å². The second kappa shape index (κ2) is 8.98. The van der Waals surface area contributed by atoms with Gasteiger partial charge in [0.25, 0.3) is 0 Å². The van der Waals surface area contributed by atoms with Crippen LogP contribution in [0.1, 0.15) is 26.0 Å². The first-order valence-electron chi connectivity index (χ1n) is 12.0. The van der Waals surface area contributed by atoms with E-state index in [0.717, 1.165) is 50.3 Å². The summed E-state index contributed by atoms with van der Waals surface area (Å²) in [6, 6.07) is 7.79. The van der Waals surface area contributed by atoms with E-state index < -0.39 is 0 Å².